The van der Waals surface area contributed by atoms with Crippen molar-refractivity contribution in [3.8, 4) is 0 Å². The van der Waals surface area contributed by atoms with Gasteiger partial charge in [0.2, 0.25) is 11.8 Å². The first-order chi connectivity index (χ1) is 15.5. The standard InChI is InChI=1S/C22H22N2O5S3/c1-2-29-12(25)5-6-24-20(26)14-9-8-10(15(14)21(24)27)17-13(9)16(11-4-3-7-30-11)18-19(31-17)23-22(28)32-18/h3-4,7,9-10,13-17H,2,5-6,8H2,1H3,(H,23,28). The Morgan fingerprint density at radius 2 is 2.00 bits per heavy atom. The lowest BCUT2D eigenvalue weighted by Crippen LogP contribution is -2.42. The summed E-state index contributed by atoms with van der Waals surface area (Å²) >= 11 is 4.66. The van der Waals surface area contributed by atoms with E-state index >= 15 is 0 Å². The van der Waals surface area contributed by atoms with Crippen LogP contribution in [0.25, 0.3) is 0 Å². The van der Waals surface area contributed by atoms with E-state index in [2.05, 4.69) is 16.4 Å². The molecule has 2 bridgehead atoms. The number of rotatable bonds is 5. The van der Waals surface area contributed by atoms with Gasteiger partial charge in [-0.25, -0.2) is 0 Å². The molecule has 168 valence electrons. The Morgan fingerprint density at radius 3 is 2.72 bits per heavy atom. The lowest BCUT2D eigenvalue weighted by atomic mass is 9.69. The topological polar surface area (TPSA) is 96.5 Å². The van der Waals surface area contributed by atoms with Crippen molar-refractivity contribution >= 4 is 52.2 Å². The molecule has 3 fully saturated rings. The van der Waals surface area contributed by atoms with Crippen molar-refractivity contribution in [2.45, 2.75) is 36.0 Å². The van der Waals surface area contributed by atoms with E-state index in [0.717, 1.165) is 16.3 Å². The third kappa shape index (κ3) is 2.85. The Hall–Kier alpha value is -1.91. The number of thiazole rings is 1. The fourth-order valence-electron chi connectivity index (χ4n) is 6.52. The van der Waals surface area contributed by atoms with Crippen LogP contribution in [0.4, 0.5) is 0 Å². The average molecular weight is 491 g/mol. The smallest absolute Gasteiger partial charge is 0.307 e. The number of likely N-dealkylation sites (tertiary alicyclic amines) is 1. The number of nitrogens with one attached hydrogen (secondary N) is 1. The van der Waals surface area contributed by atoms with Crippen LogP contribution in [0.15, 0.2) is 27.3 Å². The zero-order chi connectivity index (χ0) is 22.1. The van der Waals surface area contributed by atoms with Gasteiger partial charge in [0.15, 0.2) is 0 Å². The molecule has 2 aliphatic carbocycles. The third-order valence-electron chi connectivity index (χ3n) is 7.51. The molecule has 4 heterocycles. The molecule has 2 aliphatic heterocycles. The van der Waals surface area contributed by atoms with Gasteiger partial charge in [-0.15, -0.1) is 23.1 Å². The van der Waals surface area contributed by atoms with Crippen LogP contribution in [0.1, 0.15) is 35.4 Å². The van der Waals surface area contributed by atoms with Crippen LogP contribution < -0.4 is 4.87 Å². The molecule has 0 spiro atoms. The molecule has 32 heavy (non-hydrogen) atoms. The summed E-state index contributed by atoms with van der Waals surface area (Å²) in [7, 11) is 0. The van der Waals surface area contributed by atoms with Crippen LogP contribution in [0.3, 0.4) is 0 Å². The number of nitrogens with zero attached hydrogens (tertiary/aromatic N) is 1. The number of hydrogen-bond acceptors (Lipinski definition) is 8. The molecule has 7 nitrogen and oxygen atoms in total. The molecule has 2 aromatic rings. The predicted octanol–water partition coefficient (Wildman–Crippen LogP) is 2.92. The number of aromatic amines is 1. The van der Waals surface area contributed by atoms with E-state index in [1.807, 2.05) is 6.07 Å². The molecule has 10 heteroatoms. The highest BCUT2D eigenvalue weighted by molar-refractivity contribution is 8.00. The number of ether oxygens (including phenoxy) is 1. The first-order valence-corrected chi connectivity index (χ1v) is 13.5. The molecule has 7 unspecified atom stereocenters. The first-order valence-electron chi connectivity index (χ1n) is 10.9. The van der Waals surface area contributed by atoms with Crippen molar-refractivity contribution < 1.29 is 19.1 Å². The number of amides is 2. The van der Waals surface area contributed by atoms with E-state index in [4.69, 9.17) is 4.74 Å². The van der Waals surface area contributed by atoms with Gasteiger partial charge in [0.1, 0.15) is 0 Å². The van der Waals surface area contributed by atoms with Crippen LogP contribution in [-0.2, 0) is 19.1 Å². The molecule has 1 N–H and O–H groups in total. The number of esters is 1. The van der Waals surface area contributed by atoms with Crippen LogP contribution in [0, 0.1) is 29.6 Å². The molecule has 6 rings (SSSR count). The van der Waals surface area contributed by atoms with E-state index in [9.17, 15) is 19.2 Å². The highest BCUT2D eigenvalue weighted by Gasteiger charge is 2.69. The van der Waals surface area contributed by atoms with E-state index in [1.54, 1.807) is 30.0 Å². The molecule has 0 radical (unpaired) electrons. The van der Waals surface area contributed by atoms with E-state index < -0.39 is 0 Å². The molecule has 2 saturated carbocycles. The summed E-state index contributed by atoms with van der Waals surface area (Å²) in [6, 6.07) is 4.15. The molecule has 0 aromatic carbocycles. The SMILES string of the molecule is CCOC(=O)CCN1C(=O)C2C3CC(C2C1=O)C1C(c2cccs2)c2sc(=O)[nH]c2SC31. The van der Waals surface area contributed by atoms with Gasteiger partial charge in [-0.2, -0.15) is 0 Å². The number of hydrogen-bond donors (Lipinski definition) is 1. The van der Waals surface area contributed by atoms with Crippen LogP contribution >= 0.6 is 34.4 Å². The number of thiophene rings is 1. The number of H-pyrrole nitrogens is 1. The molecule has 4 aliphatic rings. The molecule has 2 amide bonds. The summed E-state index contributed by atoms with van der Waals surface area (Å²) in [6.07, 6.45) is 0.917. The lowest BCUT2D eigenvalue weighted by molar-refractivity contribution is -0.145. The number of carbonyl (C=O) groups is 3. The van der Waals surface area contributed by atoms with Crippen molar-refractivity contribution in [3.63, 3.8) is 0 Å². The monoisotopic (exact) mass is 490 g/mol. The molecule has 2 aromatic heterocycles. The number of carbonyl (C=O) groups excluding carboxylic acids is 3. The maximum Gasteiger partial charge on any atom is 0.307 e. The highest BCUT2D eigenvalue weighted by atomic mass is 32.2. The summed E-state index contributed by atoms with van der Waals surface area (Å²) in [5, 5.41) is 3.19. The Balaban J connectivity index is 1.33. The Kier molecular flexibility index (Phi) is 4.89. The fraction of sp³-hybridized carbons (Fsp3) is 0.545. The van der Waals surface area contributed by atoms with Crippen molar-refractivity contribution in [2.24, 2.45) is 29.6 Å². The minimum atomic E-state index is -0.386. The minimum absolute atomic E-state index is 0.0397. The maximum atomic E-state index is 13.4. The predicted molar refractivity (Wildman–Crippen MR) is 121 cm³/mol. The maximum absolute atomic E-state index is 13.4. The number of aromatic nitrogens is 1. The number of thioether (sulfide) groups is 1. The Labute approximate surface area is 196 Å². The summed E-state index contributed by atoms with van der Waals surface area (Å²) < 4.78 is 4.97. The number of imide groups is 1. The molecule has 7 atom stereocenters. The van der Waals surface area contributed by atoms with Gasteiger partial charge in [-0.05, 0) is 42.5 Å². The quantitative estimate of drug-likeness (QED) is 0.511. The fourth-order valence-corrected chi connectivity index (χ4v) is 10.4. The number of fused-ring (bicyclic) bond motifs is 9. The van der Waals surface area contributed by atoms with Crippen molar-refractivity contribution in [1.82, 2.24) is 9.88 Å². The van der Waals surface area contributed by atoms with Gasteiger partial charge in [0, 0.05) is 27.5 Å². The van der Waals surface area contributed by atoms with E-state index in [1.165, 1.54) is 21.1 Å². The van der Waals surface area contributed by atoms with Crippen molar-refractivity contribution in [3.05, 3.63) is 36.9 Å². The summed E-state index contributed by atoms with van der Waals surface area (Å²) in [5.41, 5.74) is 0. The van der Waals surface area contributed by atoms with Crippen molar-refractivity contribution in [2.75, 3.05) is 13.2 Å². The Morgan fingerprint density at radius 1 is 1.22 bits per heavy atom. The second kappa shape index (κ2) is 7.56. The van der Waals surface area contributed by atoms with Gasteiger partial charge in [-0.1, -0.05) is 17.4 Å². The molecular weight excluding hydrogens is 468 g/mol. The van der Waals surface area contributed by atoms with Gasteiger partial charge in [0.25, 0.3) is 0 Å². The highest BCUT2D eigenvalue weighted by Crippen LogP contribution is 2.68. The zero-order valence-electron chi connectivity index (χ0n) is 17.3. The zero-order valence-corrected chi connectivity index (χ0v) is 19.8. The summed E-state index contributed by atoms with van der Waals surface area (Å²) in [4.78, 5) is 57.2. The van der Waals surface area contributed by atoms with Crippen LogP contribution in [-0.4, -0.2) is 46.1 Å². The largest absolute Gasteiger partial charge is 0.466 e. The van der Waals surface area contributed by atoms with Gasteiger partial charge < -0.3 is 9.72 Å². The second-order valence-corrected chi connectivity index (χ2v) is 12.0. The van der Waals surface area contributed by atoms with Gasteiger partial charge >= 0.3 is 10.8 Å². The van der Waals surface area contributed by atoms with E-state index in [0.29, 0.717) is 0 Å². The second-order valence-electron chi connectivity index (χ2n) is 8.86. The van der Waals surface area contributed by atoms with Gasteiger partial charge in [-0.3, -0.25) is 24.1 Å². The summed E-state index contributed by atoms with van der Waals surface area (Å²) in [5.74, 6) is -0.712. The van der Waals surface area contributed by atoms with Crippen LogP contribution in [0.2, 0.25) is 0 Å². The van der Waals surface area contributed by atoms with E-state index in [-0.39, 0.29) is 83.0 Å². The average Bonchev–Trinajstić information content (AvgIpc) is 3.55. The molecule has 1 saturated heterocycles. The summed E-state index contributed by atoms with van der Waals surface area (Å²) in [6.45, 7) is 2.12. The lowest BCUT2D eigenvalue weighted by Gasteiger charge is -2.42. The Bertz CT molecular complexity index is 1150. The van der Waals surface area contributed by atoms with Crippen LogP contribution in [0.5, 0.6) is 0 Å². The normalized spacial score (nSPS) is 34.5. The minimum Gasteiger partial charge on any atom is -0.466 e. The van der Waals surface area contributed by atoms with Crippen molar-refractivity contribution in [1.29, 1.82) is 0 Å². The van der Waals surface area contributed by atoms with Gasteiger partial charge in [0.05, 0.1) is 29.9 Å². The molecular formula is C22H22N2O5S3. The first kappa shape index (κ1) is 20.7. The third-order valence-corrected chi connectivity index (χ3v) is 11.1.